The van der Waals surface area contributed by atoms with Crippen LogP contribution < -0.4 is 19.5 Å². The van der Waals surface area contributed by atoms with Crippen molar-refractivity contribution in [2.75, 3.05) is 11.9 Å². The maximum Gasteiger partial charge on any atom is 0.266 e. The first-order valence-electron chi connectivity index (χ1n) is 14.3. The minimum absolute atomic E-state index is 0.0488. The Hall–Kier alpha value is -4.52. The number of hydrogen-bond donors (Lipinski definition) is 1. The van der Waals surface area contributed by atoms with Crippen LogP contribution in [0.3, 0.4) is 0 Å². The van der Waals surface area contributed by atoms with Crippen LogP contribution in [0.5, 0.6) is 17.2 Å². The molecule has 0 bridgehead atoms. The molecule has 5 aromatic carbocycles. The van der Waals surface area contributed by atoms with Gasteiger partial charge in [-0.2, -0.15) is 5.26 Å². The van der Waals surface area contributed by atoms with E-state index in [1.54, 1.807) is 36.4 Å². The quantitative estimate of drug-likeness (QED) is 0.0833. The van der Waals surface area contributed by atoms with Crippen molar-refractivity contribution in [3.8, 4) is 23.3 Å². The molecule has 1 amide bonds. The number of nitrogens with one attached hydrogen (secondary N) is 1. The van der Waals surface area contributed by atoms with E-state index in [-0.39, 0.29) is 5.57 Å². The molecule has 5 rings (SSSR count). The summed E-state index contributed by atoms with van der Waals surface area (Å²) in [4.78, 5) is 13.0. The summed E-state index contributed by atoms with van der Waals surface area (Å²) >= 11 is 8.40. The molecule has 0 saturated carbocycles. The molecule has 0 aromatic heterocycles. The zero-order valence-electron chi connectivity index (χ0n) is 24.8. The van der Waals surface area contributed by atoms with Crippen LogP contribution in [-0.2, 0) is 18.0 Å². The molecule has 45 heavy (non-hydrogen) atoms. The third-order valence-electron chi connectivity index (χ3n) is 7.11. The number of benzene rings is 5. The highest BCUT2D eigenvalue weighted by Crippen LogP contribution is 2.36. The summed E-state index contributed by atoms with van der Waals surface area (Å²) in [6.45, 7) is 5.09. The average Bonchev–Trinajstić information content (AvgIpc) is 3.04. The fourth-order valence-corrected chi connectivity index (χ4v) is 5.75. The number of carbonyl (C=O) groups excluding carboxylic acids is 1. The fraction of sp³-hybridized carbons (Fsp3) is 0.135. The van der Waals surface area contributed by atoms with Gasteiger partial charge in [0.1, 0.15) is 30.6 Å². The molecule has 0 aliphatic heterocycles. The van der Waals surface area contributed by atoms with Crippen LogP contribution in [0.15, 0.2) is 103 Å². The number of aryl methyl sites for hydroxylation is 1. The second-order valence-electron chi connectivity index (χ2n) is 10.2. The molecule has 5 aromatic rings. The van der Waals surface area contributed by atoms with Gasteiger partial charge in [0.25, 0.3) is 5.91 Å². The summed E-state index contributed by atoms with van der Waals surface area (Å²) in [7, 11) is 0. The van der Waals surface area contributed by atoms with Gasteiger partial charge in [-0.1, -0.05) is 66.2 Å². The van der Waals surface area contributed by atoms with E-state index in [1.807, 2.05) is 55.5 Å². The Morgan fingerprint density at radius 3 is 2.44 bits per heavy atom. The normalized spacial score (nSPS) is 11.1. The second-order valence-corrected chi connectivity index (χ2v) is 11.7. The molecule has 6 nitrogen and oxygen atoms in total. The number of carbonyl (C=O) groups is 1. The molecule has 0 spiro atoms. The molecular formula is C37H30ClIN2O4. The van der Waals surface area contributed by atoms with Gasteiger partial charge in [-0.05, 0) is 107 Å². The first-order chi connectivity index (χ1) is 21.9. The van der Waals surface area contributed by atoms with Gasteiger partial charge >= 0.3 is 0 Å². The molecular weight excluding hydrogens is 699 g/mol. The molecule has 0 saturated heterocycles. The zero-order valence-corrected chi connectivity index (χ0v) is 27.7. The van der Waals surface area contributed by atoms with E-state index in [0.717, 1.165) is 31.0 Å². The maximum absolute atomic E-state index is 13.0. The van der Waals surface area contributed by atoms with Gasteiger partial charge in [0.2, 0.25) is 0 Å². The molecule has 0 radical (unpaired) electrons. The van der Waals surface area contributed by atoms with Crippen molar-refractivity contribution in [2.45, 2.75) is 27.1 Å². The molecule has 0 unspecified atom stereocenters. The number of hydrogen-bond acceptors (Lipinski definition) is 5. The summed E-state index contributed by atoms with van der Waals surface area (Å²) < 4.78 is 18.9. The van der Waals surface area contributed by atoms with Crippen LogP contribution in [0, 0.1) is 21.8 Å². The van der Waals surface area contributed by atoms with Gasteiger partial charge in [0.15, 0.2) is 11.5 Å². The van der Waals surface area contributed by atoms with Gasteiger partial charge in [-0.25, -0.2) is 0 Å². The molecule has 1 N–H and O–H groups in total. The van der Waals surface area contributed by atoms with Crippen molar-refractivity contribution in [2.24, 2.45) is 0 Å². The molecule has 0 fully saturated rings. The highest BCUT2D eigenvalue weighted by atomic mass is 127. The minimum atomic E-state index is -0.526. The van der Waals surface area contributed by atoms with Gasteiger partial charge in [-0.3, -0.25) is 4.79 Å². The van der Waals surface area contributed by atoms with Crippen LogP contribution in [-0.4, -0.2) is 12.5 Å². The number of fused-ring (bicyclic) bond motifs is 1. The van der Waals surface area contributed by atoms with Crippen LogP contribution in [0.4, 0.5) is 5.69 Å². The Morgan fingerprint density at radius 2 is 1.69 bits per heavy atom. The third kappa shape index (κ3) is 7.96. The Kier molecular flexibility index (Phi) is 10.6. The van der Waals surface area contributed by atoms with Crippen molar-refractivity contribution in [3.05, 3.63) is 133 Å². The van der Waals surface area contributed by atoms with E-state index >= 15 is 0 Å². The number of nitriles is 1. The van der Waals surface area contributed by atoms with Gasteiger partial charge in [0.05, 0.1) is 10.2 Å². The topological polar surface area (TPSA) is 80.6 Å². The van der Waals surface area contributed by atoms with Gasteiger partial charge in [-0.15, -0.1) is 0 Å². The predicted octanol–water partition coefficient (Wildman–Crippen LogP) is 9.51. The lowest BCUT2D eigenvalue weighted by Crippen LogP contribution is -2.13. The summed E-state index contributed by atoms with van der Waals surface area (Å²) in [6.07, 6.45) is 1.54. The number of amides is 1. The smallest absolute Gasteiger partial charge is 0.266 e. The Balaban J connectivity index is 1.29. The number of rotatable bonds is 11. The number of halogens is 2. The Bertz CT molecular complexity index is 1920. The highest BCUT2D eigenvalue weighted by Gasteiger charge is 2.16. The Morgan fingerprint density at radius 1 is 0.933 bits per heavy atom. The van der Waals surface area contributed by atoms with Gasteiger partial charge < -0.3 is 19.5 Å². The van der Waals surface area contributed by atoms with Crippen LogP contribution in [0.25, 0.3) is 16.8 Å². The summed E-state index contributed by atoms with van der Waals surface area (Å²) in [5, 5.41) is 15.6. The Labute approximate surface area is 281 Å². The fourth-order valence-electron chi connectivity index (χ4n) is 4.78. The van der Waals surface area contributed by atoms with Crippen molar-refractivity contribution in [3.63, 3.8) is 0 Å². The third-order valence-corrected chi connectivity index (χ3v) is 8.28. The number of anilines is 1. The summed E-state index contributed by atoms with van der Waals surface area (Å²) in [6, 6.07) is 32.5. The number of ether oxygens (including phenoxy) is 3. The van der Waals surface area contributed by atoms with E-state index in [9.17, 15) is 10.1 Å². The van der Waals surface area contributed by atoms with E-state index in [0.29, 0.717) is 53.3 Å². The van der Waals surface area contributed by atoms with E-state index in [4.69, 9.17) is 25.8 Å². The molecule has 0 aliphatic rings. The molecule has 0 heterocycles. The standard InChI is InChI=1S/C37H30ClIN2O4/c1-3-43-35-20-25(19-34(39)36(35)45-23-32-24(2)12-13-26-8-4-6-10-31(26)32)18-28(21-40)37(42)41-29-14-16-30(17-15-29)44-22-27-9-5-7-11-33(27)38/h4-20H,3,22-23H2,1-2H3,(H,41,42)/b28-18+. The highest BCUT2D eigenvalue weighted by molar-refractivity contribution is 14.1. The predicted molar refractivity (Wildman–Crippen MR) is 188 cm³/mol. The maximum atomic E-state index is 13.0. The van der Waals surface area contributed by atoms with Crippen molar-refractivity contribution in [1.82, 2.24) is 0 Å². The first-order valence-corrected chi connectivity index (χ1v) is 15.8. The van der Waals surface area contributed by atoms with Crippen molar-refractivity contribution in [1.29, 1.82) is 5.26 Å². The lowest BCUT2D eigenvalue weighted by molar-refractivity contribution is -0.112. The molecule has 0 atom stereocenters. The van der Waals surface area contributed by atoms with Crippen molar-refractivity contribution < 1.29 is 19.0 Å². The van der Waals surface area contributed by atoms with Crippen molar-refractivity contribution >= 4 is 62.6 Å². The molecule has 226 valence electrons. The van der Waals surface area contributed by atoms with Crippen LogP contribution >= 0.6 is 34.2 Å². The first kappa shape index (κ1) is 31.9. The average molecular weight is 729 g/mol. The van der Waals surface area contributed by atoms with E-state index in [1.165, 1.54) is 0 Å². The largest absolute Gasteiger partial charge is 0.490 e. The van der Waals surface area contributed by atoms with Crippen LogP contribution in [0.1, 0.15) is 29.2 Å². The molecule has 8 heteroatoms. The van der Waals surface area contributed by atoms with E-state index < -0.39 is 5.91 Å². The second kappa shape index (κ2) is 15.0. The minimum Gasteiger partial charge on any atom is -0.490 e. The summed E-state index contributed by atoms with van der Waals surface area (Å²) in [5.74, 6) is 1.25. The zero-order chi connectivity index (χ0) is 31.8. The lowest BCUT2D eigenvalue weighted by atomic mass is 10.0. The summed E-state index contributed by atoms with van der Waals surface area (Å²) in [5.41, 5.74) is 4.26. The van der Waals surface area contributed by atoms with Crippen LogP contribution in [0.2, 0.25) is 5.02 Å². The van der Waals surface area contributed by atoms with E-state index in [2.05, 4.69) is 59.1 Å². The molecule has 0 aliphatic carbocycles. The van der Waals surface area contributed by atoms with Gasteiger partial charge in [0, 0.05) is 21.8 Å². The lowest BCUT2D eigenvalue weighted by Gasteiger charge is -2.17. The SMILES string of the molecule is CCOc1cc(/C=C(\C#N)C(=O)Nc2ccc(OCc3ccccc3Cl)cc2)cc(I)c1OCc1c(C)ccc2ccccc12. The monoisotopic (exact) mass is 728 g/mol. The number of nitrogens with zero attached hydrogens (tertiary/aromatic N) is 1.